The van der Waals surface area contributed by atoms with Gasteiger partial charge in [0.05, 0.1) is 37.3 Å². The van der Waals surface area contributed by atoms with Crippen molar-refractivity contribution in [3.63, 3.8) is 0 Å². The zero-order valence-corrected chi connectivity index (χ0v) is 21.0. The van der Waals surface area contributed by atoms with Crippen molar-refractivity contribution in [2.24, 2.45) is 5.92 Å². The number of amides is 2. The molecule has 0 saturated carbocycles. The molecule has 192 valence electrons. The predicted octanol–water partition coefficient (Wildman–Crippen LogP) is 2.79. The van der Waals surface area contributed by atoms with Gasteiger partial charge in [0, 0.05) is 26.8 Å². The van der Waals surface area contributed by atoms with Gasteiger partial charge in [0.15, 0.2) is 5.78 Å². The first kappa shape index (κ1) is 29.3. The third kappa shape index (κ3) is 7.95. The Kier molecular flexibility index (Phi) is 11.4. The van der Waals surface area contributed by atoms with Crippen LogP contribution in [0.5, 0.6) is 5.75 Å². The van der Waals surface area contributed by atoms with Crippen LogP contribution in [0.15, 0.2) is 18.2 Å². The fourth-order valence-electron chi connectivity index (χ4n) is 3.80. The van der Waals surface area contributed by atoms with Crippen LogP contribution in [0.1, 0.15) is 50.9 Å². The maximum Gasteiger partial charge on any atom is 0.410 e. The number of benzene rings is 1. The molecular formula is C24H37FN2O7. The summed E-state index contributed by atoms with van der Waals surface area (Å²) in [5.41, 5.74) is -0.763. The quantitative estimate of drug-likeness (QED) is 0.545. The standard InChI is InChI=1S/C23H33FN2O6.CH4O/c1-14(20(31-6)18-8-7-11-26(18)22(29)32-23(2,3)4)21(28)25-13-19(27)16-10-9-15(30-5)12-17(16)24;1-2/h9-10,12,14,18,20H,7-8,11,13H2,1-6H3,(H,25,28);2H,1H3. The molecule has 0 spiro atoms. The third-order valence-electron chi connectivity index (χ3n) is 5.38. The fourth-order valence-corrected chi connectivity index (χ4v) is 3.80. The predicted molar refractivity (Wildman–Crippen MR) is 124 cm³/mol. The average molecular weight is 485 g/mol. The van der Waals surface area contributed by atoms with Crippen LogP contribution in [0.4, 0.5) is 9.18 Å². The molecule has 1 heterocycles. The maximum absolute atomic E-state index is 14.1. The van der Waals surface area contributed by atoms with Crippen molar-refractivity contribution in [1.29, 1.82) is 0 Å². The van der Waals surface area contributed by atoms with E-state index in [0.717, 1.165) is 19.6 Å². The van der Waals surface area contributed by atoms with E-state index in [4.69, 9.17) is 19.3 Å². The van der Waals surface area contributed by atoms with Crippen LogP contribution in [0, 0.1) is 11.7 Å². The van der Waals surface area contributed by atoms with Crippen molar-refractivity contribution in [2.45, 2.75) is 58.3 Å². The van der Waals surface area contributed by atoms with Gasteiger partial charge >= 0.3 is 6.09 Å². The zero-order valence-electron chi connectivity index (χ0n) is 21.0. The number of aliphatic hydroxyl groups is 1. The number of likely N-dealkylation sites (tertiary alicyclic amines) is 1. The van der Waals surface area contributed by atoms with Crippen LogP contribution < -0.4 is 10.1 Å². The SMILES string of the molecule is CO.COc1ccc(C(=O)CNC(=O)C(C)C(OC)C2CCCN2C(=O)OC(C)(C)C)c(F)c1. The molecule has 0 aliphatic carbocycles. The van der Waals surface area contributed by atoms with Crippen LogP contribution in [0.2, 0.25) is 0 Å². The highest BCUT2D eigenvalue weighted by molar-refractivity contribution is 5.99. The molecule has 3 unspecified atom stereocenters. The van der Waals surface area contributed by atoms with Crippen LogP contribution in [-0.4, -0.2) is 80.0 Å². The topological polar surface area (TPSA) is 114 Å². The van der Waals surface area contributed by atoms with Gasteiger partial charge in [0.2, 0.25) is 5.91 Å². The summed E-state index contributed by atoms with van der Waals surface area (Å²) in [6, 6.07) is 3.59. The molecule has 3 atom stereocenters. The minimum absolute atomic E-state index is 0.131. The highest BCUT2D eigenvalue weighted by Gasteiger charge is 2.41. The summed E-state index contributed by atoms with van der Waals surface area (Å²) in [4.78, 5) is 39.3. The summed E-state index contributed by atoms with van der Waals surface area (Å²) in [5, 5.41) is 9.56. The van der Waals surface area contributed by atoms with E-state index in [2.05, 4.69) is 5.32 Å². The van der Waals surface area contributed by atoms with Crippen molar-refractivity contribution in [3.05, 3.63) is 29.6 Å². The Labute approximate surface area is 200 Å². The van der Waals surface area contributed by atoms with E-state index >= 15 is 0 Å². The Bertz CT molecular complexity index is 841. The van der Waals surface area contributed by atoms with Crippen molar-refractivity contribution in [1.82, 2.24) is 10.2 Å². The molecule has 1 fully saturated rings. The highest BCUT2D eigenvalue weighted by atomic mass is 19.1. The molecule has 9 nitrogen and oxygen atoms in total. The number of aliphatic hydroxyl groups excluding tert-OH is 1. The van der Waals surface area contributed by atoms with Crippen molar-refractivity contribution < 1.29 is 38.1 Å². The molecule has 2 amide bonds. The Hall–Kier alpha value is -2.72. The van der Waals surface area contributed by atoms with Crippen LogP contribution in [0.25, 0.3) is 0 Å². The zero-order chi connectivity index (χ0) is 26.1. The summed E-state index contributed by atoms with van der Waals surface area (Å²) in [5.74, 6) is -2.05. The number of hydrogen-bond donors (Lipinski definition) is 2. The fraction of sp³-hybridized carbons (Fsp3) is 0.625. The lowest BCUT2D eigenvalue weighted by atomic mass is 9.95. The highest BCUT2D eigenvalue weighted by Crippen LogP contribution is 2.28. The summed E-state index contributed by atoms with van der Waals surface area (Å²) in [7, 11) is 3.89. The van der Waals surface area contributed by atoms with Gasteiger partial charge < -0.3 is 29.5 Å². The van der Waals surface area contributed by atoms with E-state index in [-0.39, 0.29) is 18.2 Å². The Morgan fingerprint density at radius 3 is 2.41 bits per heavy atom. The lowest BCUT2D eigenvalue weighted by molar-refractivity contribution is -0.130. The first-order valence-corrected chi connectivity index (χ1v) is 11.1. The Morgan fingerprint density at radius 1 is 1.24 bits per heavy atom. The monoisotopic (exact) mass is 484 g/mol. The van der Waals surface area contributed by atoms with Gasteiger partial charge in [-0.25, -0.2) is 9.18 Å². The molecule has 10 heteroatoms. The number of hydrogen-bond acceptors (Lipinski definition) is 7. The molecule has 0 radical (unpaired) electrons. The summed E-state index contributed by atoms with van der Waals surface area (Å²) < 4.78 is 30.1. The first-order chi connectivity index (χ1) is 16.0. The molecule has 34 heavy (non-hydrogen) atoms. The molecule has 2 N–H and O–H groups in total. The minimum atomic E-state index is -0.717. The number of Topliss-reactive ketones (excluding diaryl/α,β-unsaturated/α-hetero) is 1. The molecular weight excluding hydrogens is 447 g/mol. The van der Waals surface area contributed by atoms with E-state index in [9.17, 15) is 18.8 Å². The third-order valence-corrected chi connectivity index (χ3v) is 5.38. The second-order valence-corrected chi connectivity index (χ2v) is 8.86. The van der Waals surface area contributed by atoms with Gasteiger partial charge in [0.25, 0.3) is 0 Å². The number of carbonyl (C=O) groups excluding carboxylic acids is 3. The lowest BCUT2D eigenvalue weighted by Crippen LogP contribution is -2.51. The second kappa shape index (κ2) is 13.2. The summed E-state index contributed by atoms with van der Waals surface area (Å²) in [6.07, 6.45) is 0.413. The molecule has 2 rings (SSSR count). The number of rotatable bonds is 8. The van der Waals surface area contributed by atoms with Crippen LogP contribution in [-0.2, 0) is 14.3 Å². The van der Waals surface area contributed by atoms with E-state index in [0.29, 0.717) is 18.7 Å². The van der Waals surface area contributed by atoms with Crippen molar-refractivity contribution in [3.8, 4) is 5.75 Å². The molecule has 1 saturated heterocycles. The number of carbonyl (C=O) groups is 3. The van der Waals surface area contributed by atoms with E-state index < -0.39 is 41.2 Å². The number of nitrogens with one attached hydrogen (secondary N) is 1. The number of ketones is 1. The Balaban J connectivity index is 0.00000281. The second-order valence-electron chi connectivity index (χ2n) is 8.86. The normalized spacial score (nSPS) is 17.2. The van der Waals surface area contributed by atoms with E-state index in [1.54, 1.807) is 32.6 Å². The van der Waals surface area contributed by atoms with Crippen molar-refractivity contribution in [2.75, 3.05) is 34.4 Å². The van der Waals surface area contributed by atoms with E-state index in [1.165, 1.54) is 26.4 Å². The lowest BCUT2D eigenvalue weighted by Gasteiger charge is -2.34. The molecule has 1 aromatic rings. The van der Waals surface area contributed by atoms with E-state index in [1.807, 2.05) is 0 Å². The maximum atomic E-state index is 14.1. The van der Waals surface area contributed by atoms with Gasteiger partial charge in [0.1, 0.15) is 17.2 Å². The number of nitrogens with zero attached hydrogens (tertiary/aromatic N) is 1. The van der Waals surface area contributed by atoms with Gasteiger partial charge in [-0.05, 0) is 45.7 Å². The van der Waals surface area contributed by atoms with Crippen LogP contribution in [0.3, 0.4) is 0 Å². The summed E-state index contributed by atoms with van der Waals surface area (Å²) >= 11 is 0. The number of methoxy groups -OCH3 is 2. The molecule has 1 aliphatic rings. The number of halogens is 1. The number of ether oxygens (including phenoxy) is 3. The van der Waals surface area contributed by atoms with Gasteiger partial charge in [-0.15, -0.1) is 0 Å². The van der Waals surface area contributed by atoms with Crippen molar-refractivity contribution >= 4 is 17.8 Å². The van der Waals surface area contributed by atoms with Crippen LogP contribution >= 0.6 is 0 Å². The minimum Gasteiger partial charge on any atom is -0.497 e. The first-order valence-electron chi connectivity index (χ1n) is 11.1. The molecule has 1 aliphatic heterocycles. The molecule has 1 aromatic carbocycles. The Morgan fingerprint density at radius 2 is 1.88 bits per heavy atom. The average Bonchev–Trinajstić information content (AvgIpc) is 3.27. The smallest absolute Gasteiger partial charge is 0.410 e. The van der Waals surface area contributed by atoms with Gasteiger partial charge in [-0.1, -0.05) is 6.92 Å². The van der Waals surface area contributed by atoms with Gasteiger partial charge in [-0.2, -0.15) is 0 Å². The molecule has 0 aromatic heterocycles. The largest absolute Gasteiger partial charge is 0.497 e. The summed E-state index contributed by atoms with van der Waals surface area (Å²) in [6.45, 7) is 7.22. The molecule has 0 bridgehead atoms. The van der Waals surface area contributed by atoms with Gasteiger partial charge in [-0.3, -0.25) is 9.59 Å².